The van der Waals surface area contributed by atoms with Gasteiger partial charge in [0.15, 0.2) is 10.8 Å². The molecule has 0 aliphatic heterocycles. The largest absolute Gasteiger partial charge is 0.485 e. The Morgan fingerprint density at radius 1 is 1.14 bits per heavy atom. The number of hydrogen-bond acceptors (Lipinski definition) is 3. The zero-order valence-corrected chi connectivity index (χ0v) is 19.2. The van der Waals surface area contributed by atoms with E-state index in [2.05, 4.69) is 5.10 Å². The standard InChI is InChI=1S/C21H30ClFN2O2S/c1-14(2)28(23,15(3)4)17-10-8-16(9-11-17)13-27-18-12-24-25(21(5,6)7)20(26)19(18)22/h8-12,14-15H,13H2,1-7H3. The Morgan fingerprint density at radius 3 is 2.14 bits per heavy atom. The number of ether oxygens (including phenoxy) is 1. The van der Waals surface area contributed by atoms with Crippen LogP contribution < -0.4 is 10.3 Å². The molecule has 1 aromatic carbocycles. The first-order valence-corrected chi connectivity index (χ1v) is 11.4. The van der Waals surface area contributed by atoms with Crippen LogP contribution in [0.2, 0.25) is 5.02 Å². The van der Waals surface area contributed by atoms with E-state index in [1.807, 2.05) is 72.7 Å². The van der Waals surface area contributed by atoms with Crippen molar-refractivity contribution in [2.45, 2.75) is 76.0 Å². The third-order valence-corrected chi connectivity index (χ3v) is 8.66. The summed E-state index contributed by atoms with van der Waals surface area (Å²) in [7, 11) is -2.38. The van der Waals surface area contributed by atoms with E-state index in [1.54, 1.807) is 0 Å². The molecule has 0 N–H and O–H groups in total. The van der Waals surface area contributed by atoms with Crippen molar-refractivity contribution >= 4 is 22.0 Å². The highest BCUT2D eigenvalue weighted by molar-refractivity contribution is 8.30. The van der Waals surface area contributed by atoms with Crippen LogP contribution in [-0.2, 0) is 12.1 Å². The average molecular weight is 429 g/mol. The Labute approximate surface area is 173 Å². The second-order valence-corrected chi connectivity index (χ2v) is 12.4. The quantitative estimate of drug-likeness (QED) is 0.558. The van der Waals surface area contributed by atoms with E-state index in [-0.39, 0.29) is 33.4 Å². The summed E-state index contributed by atoms with van der Waals surface area (Å²) in [5.74, 6) is 0.242. The van der Waals surface area contributed by atoms with Crippen LogP contribution in [0.5, 0.6) is 5.75 Å². The van der Waals surface area contributed by atoms with E-state index in [0.29, 0.717) is 0 Å². The first kappa shape index (κ1) is 22.8. The van der Waals surface area contributed by atoms with Crippen molar-refractivity contribution in [3.8, 4) is 5.75 Å². The van der Waals surface area contributed by atoms with Crippen LogP contribution in [-0.4, -0.2) is 20.3 Å². The van der Waals surface area contributed by atoms with Gasteiger partial charge >= 0.3 is 0 Å². The molecule has 4 nitrogen and oxygen atoms in total. The van der Waals surface area contributed by atoms with Gasteiger partial charge in [-0.3, -0.25) is 4.79 Å². The van der Waals surface area contributed by atoms with Gasteiger partial charge in [-0.2, -0.15) is 8.98 Å². The number of nitrogens with zero attached hydrogens (tertiary/aromatic N) is 2. The van der Waals surface area contributed by atoms with E-state index in [1.165, 1.54) is 10.9 Å². The molecule has 156 valence electrons. The molecule has 7 heteroatoms. The van der Waals surface area contributed by atoms with Gasteiger partial charge < -0.3 is 4.74 Å². The van der Waals surface area contributed by atoms with Crippen molar-refractivity contribution in [2.24, 2.45) is 0 Å². The van der Waals surface area contributed by atoms with Crippen molar-refractivity contribution < 1.29 is 8.62 Å². The normalized spacial score (nSPS) is 13.2. The summed E-state index contributed by atoms with van der Waals surface area (Å²) in [6, 6.07) is 7.40. The molecule has 1 aromatic heterocycles. The molecule has 0 unspecified atom stereocenters. The molecule has 2 rings (SSSR count). The summed E-state index contributed by atoms with van der Waals surface area (Å²) >= 11 is 6.18. The van der Waals surface area contributed by atoms with Gasteiger partial charge in [0.1, 0.15) is 6.61 Å². The van der Waals surface area contributed by atoms with E-state index < -0.39 is 16.0 Å². The van der Waals surface area contributed by atoms with Gasteiger partial charge in [0.05, 0.1) is 11.7 Å². The van der Waals surface area contributed by atoms with Gasteiger partial charge in [0, 0.05) is 15.4 Å². The first-order chi connectivity index (χ1) is 12.9. The highest BCUT2D eigenvalue weighted by Gasteiger charge is 2.33. The van der Waals surface area contributed by atoms with Gasteiger partial charge in [0.2, 0.25) is 0 Å². The van der Waals surface area contributed by atoms with Crippen molar-refractivity contribution in [2.75, 3.05) is 0 Å². The fraction of sp³-hybridized carbons (Fsp3) is 0.524. The van der Waals surface area contributed by atoms with Crippen LogP contribution in [0, 0.1) is 0 Å². The van der Waals surface area contributed by atoms with Gasteiger partial charge in [0.25, 0.3) is 5.56 Å². The molecule has 0 atom stereocenters. The fourth-order valence-electron chi connectivity index (χ4n) is 3.04. The lowest BCUT2D eigenvalue weighted by Gasteiger charge is -2.39. The Balaban J connectivity index is 2.19. The van der Waals surface area contributed by atoms with E-state index >= 15 is 3.89 Å². The van der Waals surface area contributed by atoms with Crippen molar-refractivity contribution in [1.82, 2.24) is 9.78 Å². The second kappa shape index (κ2) is 8.46. The number of halogens is 2. The van der Waals surface area contributed by atoms with E-state index in [9.17, 15) is 4.79 Å². The molecule has 0 spiro atoms. The molecule has 0 saturated carbocycles. The van der Waals surface area contributed by atoms with Gasteiger partial charge in [-0.15, -0.1) is 0 Å². The van der Waals surface area contributed by atoms with Gasteiger partial charge in [-0.1, -0.05) is 61.8 Å². The lowest BCUT2D eigenvalue weighted by Crippen LogP contribution is -2.36. The minimum Gasteiger partial charge on any atom is -0.485 e. The molecule has 0 fully saturated rings. The van der Waals surface area contributed by atoms with Crippen LogP contribution in [0.25, 0.3) is 0 Å². The highest BCUT2D eigenvalue weighted by Crippen LogP contribution is 2.64. The van der Waals surface area contributed by atoms with Crippen molar-refractivity contribution in [1.29, 1.82) is 0 Å². The lowest BCUT2D eigenvalue weighted by atomic mass is 10.1. The molecule has 0 radical (unpaired) electrons. The second-order valence-electron chi connectivity index (χ2n) is 8.37. The zero-order chi connectivity index (χ0) is 21.3. The molecule has 0 amide bonds. The van der Waals surface area contributed by atoms with E-state index in [0.717, 1.165) is 10.5 Å². The predicted molar refractivity (Wildman–Crippen MR) is 117 cm³/mol. The van der Waals surface area contributed by atoms with E-state index in [4.69, 9.17) is 16.3 Å². The fourth-order valence-corrected chi connectivity index (χ4v) is 5.95. The molecule has 28 heavy (non-hydrogen) atoms. The third kappa shape index (κ3) is 4.54. The minimum absolute atomic E-state index is 0.00776. The topological polar surface area (TPSA) is 44.1 Å². The lowest BCUT2D eigenvalue weighted by molar-refractivity contribution is 0.292. The van der Waals surface area contributed by atoms with Crippen LogP contribution in [0.15, 0.2) is 40.2 Å². The Hall–Kier alpha value is -1.53. The Bertz CT molecular complexity index is 865. The van der Waals surface area contributed by atoms with Gasteiger partial charge in [-0.05, 0) is 38.5 Å². The maximum absolute atomic E-state index is 15.6. The summed E-state index contributed by atoms with van der Waals surface area (Å²) in [5, 5.41) is 4.07. The summed E-state index contributed by atoms with van der Waals surface area (Å²) in [6.07, 6.45) is 1.46. The monoisotopic (exact) mass is 428 g/mol. The maximum atomic E-state index is 15.6. The Kier molecular flexibility index (Phi) is 6.87. The first-order valence-electron chi connectivity index (χ1n) is 9.39. The number of hydrogen-bond donors (Lipinski definition) is 0. The predicted octanol–water partition coefficient (Wildman–Crippen LogP) is 6.10. The highest BCUT2D eigenvalue weighted by atomic mass is 35.5. The summed E-state index contributed by atoms with van der Waals surface area (Å²) in [5.41, 5.74) is 0.0131. The average Bonchev–Trinajstić information content (AvgIpc) is 2.61. The third-order valence-electron chi connectivity index (χ3n) is 4.57. The number of aromatic nitrogens is 2. The summed E-state index contributed by atoms with van der Waals surface area (Å²) in [6.45, 7) is 13.6. The molecule has 0 bridgehead atoms. The molecule has 2 aromatic rings. The number of benzene rings is 1. The number of rotatable bonds is 6. The van der Waals surface area contributed by atoms with Crippen LogP contribution in [0.4, 0.5) is 3.89 Å². The van der Waals surface area contributed by atoms with Crippen molar-refractivity contribution in [3.05, 3.63) is 51.4 Å². The van der Waals surface area contributed by atoms with Crippen molar-refractivity contribution in [3.63, 3.8) is 0 Å². The smallest absolute Gasteiger partial charge is 0.289 e. The van der Waals surface area contributed by atoms with Crippen LogP contribution in [0.3, 0.4) is 0 Å². The SMILES string of the molecule is CC(C)S(F)(c1ccc(COc2cnn(C(C)(C)C)c(=O)c2Cl)cc1)C(C)C. The van der Waals surface area contributed by atoms with Gasteiger partial charge in [-0.25, -0.2) is 4.68 Å². The van der Waals surface area contributed by atoms with Crippen LogP contribution >= 0.6 is 22.0 Å². The maximum Gasteiger partial charge on any atom is 0.289 e. The molecular weight excluding hydrogens is 399 g/mol. The minimum atomic E-state index is -2.38. The Morgan fingerprint density at radius 2 is 1.68 bits per heavy atom. The molecule has 0 aliphatic carbocycles. The molecule has 0 aliphatic rings. The molecule has 1 heterocycles. The summed E-state index contributed by atoms with van der Waals surface area (Å²) < 4.78 is 22.6. The zero-order valence-electron chi connectivity index (χ0n) is 17.6. The molecular formula is C21H30ClFN2O2S. The van der Waals surface area contributed by atoms with Crippen LogP contribution in [0.1, 0.15) is 54.0 Å². The summed E-state index contributed by atoms with van der Waals surface area (Å²) in [4.78, 5) is 13.1. The molecule has 0 saturated heterocycles.